The van der Waals surface area contributed by atoms with Crippen LogP contribution in [-0.4, -0.2) is 18.1 Å². The third-order valence-corrected chi connectivity index (χ3v) is 2.70. The van der Waals surface area contributed by atoms with Gasteiger partial charge in [-0.05, 0) is 6.16 Å². The van der Waals surface area contributed by atoms with Gasteiger partial charge in [0.25, 0.3) is 0 Å². The molecule has 12 heavy (non-hydrogen) atoms. The second-order valence-corrected chi connectivity index (χ2v) is 4.13. The first kappa shape index (κ1) is 9.41. The zero-order chi connectivity index (χ0) is 8.81. The van der Waals surface area contributed by atoms with Gasteiger partial charge in [0.05, 0.1) is 0 Å². The topological polar surface area (TPSA) is 17.1 Å². The highest BCUT2D eigenvalue weighted by molar-refractivity contribution is 7.39. The third-order valence-electron chi connectivity index (χ3n) is 1.63. The van der Waals surface area contributed by atoms with Crippen molar-refractivity contribution >= 4 is 14.4 Å². The van der Waals surface area contributed by atoms with Gasteiger partial charge in [-0.3, -0.25) is 4.79 Å². The van der Waals surface area contributed by atoms with E-state index in [2.05, 4.69) is 6.92 Å². The van der Waals surface area contributed by atoms with E-state index >= 15 is 0 Å². The molecule has 0 aromatic heterocycles. The number of rotatable bonds is 4. The smallest absolute Gasteiger partial charge is 0.166 e. The van der Waals surface area contributed by atoms with E-state index in [0.29, 0.717) is 6.16 Å². The van der Waals surface area contributed by atoms with Gasteiger partial charge in [0.2, 0.25) is 0 Å². The van der Waals surface area contributed by atoms with Crippen molar-refractivity contribution in [2.75, 3.05) is 12.3 Å². The Kier molecular flexibility index (Phi) is 3.96. The van der Waals surface area contributed by atoms with E-state index in [9.17, 15) is 4.79 Å². The molecule has 1 atom stereocenters. The van der Waals surface area contributed by atoms with Crippen LogP contribution in [0.1, 0.15) is 17.3 Å². The number of ketones is 1. The fourth-order valence-electron chi connectivity index (χ4n) is 0.965. The van der Waals surface area contributed by atoms with Crippen LogP contribution in [0.25, 0.3) is 0 Å². The van der Waals surface area contributed by atoms with E-state index in [1.165, 1.54) is 0 Å². The van der Waals surface area contributed by atoms with E-state index in [1.807, 2.05) is 30.3 Å². The standard InChI is InChI=1S/C10H13OP/c1-2-12-8-10(11)9-6-4-3-5-7-9/h3-7,12H,2,8H2,1H3. The molecule has 0 amide bonds. The van der Waals surface area contributed by atoms with Crippen molar-refractivity contribution < 1.29 is 4.79 Å². The summed E-state index contributed by atoms with van der Waals surface area (Å²) in [7, 11) is 0.771. The summed E-state index contributed by atoms with van der Waals surface area (Å²) < 4.78 is 0. The highest BCUT2D eigenvalue weighted by Gasteiger charge is 2.02. The molecule has 0 aliphatic carbocycles. The first-order valence-corrected chi connectivity index (χ1v) is 5.55. The van der Waals surface area contributed by atoms with Crippen molar-refractivity contribution in [2.45, 2.75) is 6.92 Å². The lowest BCUT2D eigenvalue weighted by molar-refractivity contribution is 0.102. The molecular weight excluding hydrogens is 167 g/mol. The van der Waals surface area contributed by atoms with Crippen molar-refractivity contribution in [3.8, 4) is 0 Å². The average molecular weight is 180 g/mol. The van der Waals surface area contributed by atoms with E-state index in [0.717, 1.165) is 20.3 Å². The summed E-state index contributed by atoms with van der Waals surface area (Å²) in [5.41, 5.74) is 0.846. The molecule has 0 N–H and O–H groups in total. The fourth-order valence-corrected chi connectivity index (χ4v) is 1.65. The van der Waals surface area contributed by atoms with Crippen LogP contribution in [0.3, 0.4) is 0 Å². The number of carbonyl (C=O) groups excluding carboxylic acids is 1. The van der Waals surface area contributed by atoms with Gasteiger partial charge >= 0.3 is 0 Å². The minimum atomic E-state index is 0.274. The Balaban J connectivity index is 2.54. The molecule has 64 valence electrons. The molecule has 0 aliphatic rings. The predicted molar refractivity (Wildman–Crippen MR) is 54.5 cm³/mol. The highest BCUT2D eigenvalue weighted by atomic mass is 31.1. The Hall–Kier alpha value is -0.680. The van der Waals surface area contributed by atoms with Gasteiger partial charge in [-0.2, -0.15) is 0 Å². The molecule has 0 aliphatic heterocycles. The number of hydrogen-bond acceptors (Lipinski definition) is 1. The zero-order valence-electron chi connectivity index (χ0n) is 7.21. The maximum atomic E-state index is 11.4. The van der Waals surface area contributed by atoms with Crippen LogP contribution in [0.2, 0.25) is 0 Å². The van der Waals surface area contributed by atoms with Crippen molar-refractivity contribution in [1.29, 1.82) is 0 Å². The summed E-state index contributed by atoms with van der Waals surface area (Å²) in [5.74, 6) is 0.274. The zero-order valence-corrected chi connectivity index (χ0v) is 8.21. The Bertz CT molecular complexity index is 243. The lowest BCUT2D eigenvalue weighted by atomic mass is 10.2. The van der Waals surface area contributed by atoms with Gasteiger partial charge in [0.15, 0.2) is 5.78 Å². The Morgan fingerprint density at radius 3 is 2.58 bits per heavy atom. The van der Waals surface area contributed by atoms with Crippen LogP contribution in [0.5, 0.6) is 0 Å². The average Bonchev–Trinajstić information content (AvgIpc) is 2.15. The lowest BCUT2D eigenvalue weighted by Crippen LogP contribution is -2.00. The molecule has 0 saturated carbocycles. The normalized spacial score (nSPS) is 10.8. The second kappa shape index (κ2) is 5.05. The molecule has 1 aromatic rings. The van der Waals surface area contributed by atoms with E-state index in [-0.39, 0.29) is 5.78 Å². The van der Waals surface area contributed by atoms with Gasteiger partial charge in [0.1, 0.15) is 0 Å². The van der Waals surface area contributed by atoms with Crippen molar-refractivity contribution in [3.05, 3.63) is 35.9 Å². The second-order valence-electron chi connectivity index (χ2n) is 2.57. The first-order chi connectivity index (χ1) is 5.84. The number of carbonyl (C=O) groups is 1. The molecule has 0 heterocycles. The van der Waals surface area contributed by atoms with Crippen LogP contribution in [-0.2, 0) is 0 Å². The van der Waals surface area contributed by atoms with Crippen molar-refractivity contribution in [1.82, 2.24) is 0 Å². The largest absolute Gasteiger partial charge is 0.294 e. The summed E-state index contributed by atoms with van der Waals surface area (Å²) >= 11 is 0. The maximum absolute atomic E-state index is 11.4. The van der Waals surface area contributed by atoms with Crippen LogP contribution < -0.4 is 0 Å². The Labute approximate surface area is 75.0 Å². The summed E-state index contributed by atoms with van der Waals surface area (Å²) in [4.78, 5) is 11.4. The molecule has 0 radical (unpaired) electrons. The minimum Gasteiger partial charge on any atom is -0.294 e. The van der Waals surface area contributed by atoms with Crippen LogP contribution >= 0.6 is 8.58 Å². The predicted octanol–water partition coefficient (Wildman–Crippen LogP) is 2.57. The summed E-state index contributed by atoms with van der Waals surface area (Å²) in [6, 6.07) is 9.49. The van der Waals surface area contributed by atoms with Crippen LogP contribution in [0.4, 0.5) is 0 Å². The first-order valence-electron chi connectivity index (χ1n) is 4.13. The minimum absolute atomic E-state index is 0.274. The molecule has 0 saturated heterocycles. The molecule has 1 rings (SSSR count). The van der Waals surface area contributed by atoms with Crippen molar-refractivity contribution in [3.63, 3.8) is 0 Å². The van der Waals surface area contributed by atoms with Crippen LogP contribution in [0, 0.1) is 0 Å². The molecule has 0 bridgehead atoms. The van der Waals surface area contributed by atoms with Gasteiger partial charge in [-0.25, -0.2) is 0 Å². The Morgan fingerprint density at radius 1 is 1.33 bits per heavy atom. The quantitative estimate of drug-likeness (QED) is 0.514. The van der Waals surface area contributed by atoms with Gasteiger partial charge in [-0.1, -0.05) is 37.3 Å². The number of benzene rings is 1. The van der Waals surface area contributed by atoms with E-state index in [4.69, 9.17) is 0 Å². The van der Waals surface area contributed by atoms with Gasteiger partial charge in [-0.15, -0.1) is 8.58 Å². The molecule has 0 spiro atoms. The highest BCUT2D eigenvalue weighted by Crippen LogP contribution is 2.11. The molecule has 1 unspecified atom stereocenters. The molecule has 1 aromatic carbocycles. The molecular formula is C10H13OP. The fraction of sp³-hybridized carbons (Fsp3) is 0.300. The Morgan fingerprint density at radius 2 is 2.00 bits per heavy atom. The molecule has 1 nitrogen and oxygen atoms in total. The third kappa shape index (κ3) is 2.75. The SMILES string of the molecule is CCPCC(=O)c1ccccc1. The molecule has 0 fully saturated rings. The van der Waals surface area contributed by atoms with E-state index < -0.39 is 0 Å². The van der Waals surface area contributed by atoms with Gasteiger partial charge in [0, 0.05) is 11.7 Å². The number of Topliss-reactive ketones (excluding diaryl/α,β-unsaturated/α-hetero) is 1. The van der Waals surface area contributed by atoms with Crippen molar-refractivity contribution in [2.24, 2.45) is 0 Å². The monoisotopic (exact) mass is 180 g/mol. The number of hydrogen-bond donors (Lipinski definition) is 0. The summed E-state index contributed by atoms with van der Waals surface area (Å²) in [5, 5.41) is 0. The summed E-state index contributed by atoms with van der Waals surface area (Å²) in [6.07, 6.45) is 1.82. The maximum Gasteiger partial charge on any atom is 0.166 e. The lowest BCUT2D eigenvalue weighted by Gasteiger charge is -1.98. The van der Waals surface area contributed by atoms with E-state index in [1.54, 1.807) is 0 Å². The molecule has 2 heteroatoms. The van der Waals surface area contributed by atoms with Crippen LogP contribution in [0.15, 0.2) is 30.3 Å². The summed E-state index contributed by atoms with van der Waals surface area (Å²) in [6.45, 7) is 2.11. The van der Waals surface area contributed by atoms with Gasteiger partial charge < -0.3 is 0 Å².